The van der Waals surface area contributed by atoms with Gasteiger partial charge in [-0.15, -0.1) is 0 Å². The summed E-state index contributed by atoms with van der Waals surface area (Å²) in [6.07, 6.45) is -5.04. The van der Waals surface area contributed by atoms with Crippen LogP contribution in [0, 0.1) is 11.3 Å². The quantitative estimate of drug-likeness (QED) is 0.664. The van der Waals surface area contributed by atoms with Crippen LogP contribution in [0.4, 0.5) is 26.3 Å². The SMILES string of the molecule is N#Cc1cc(SC(F)(F)F)c(C(=O)O)cc1C(F)(F)F. The van der Waals surface area contributed by atoms with Crippen LogP contribution in [0.1, 0.15) is 21.5 Å². The highest BCUT2D eigenvalue weighted by atomic mass is 32.2. The Morgan fingerprint density at radius 1 is 1.20 bits per heavy atom. The number of hydrogen-bond acceptors (Lipinski definition) is 3. The molecule has 1 aromatic carbocycles. The number of carbonyl (C=O) groups is 1. The summed E-state index contributed by atoms with van der Waals surface area (Å²) in [5.74, 6) is -1.95. The Hall–Kier alpha value is -1.89. The minimum absolute atomic E-state index is 0.0228. The molecule has 0 unspecified atom stereocenters. The van der Waals surface area contributed by atoms with E-state index in [9.17, 15) is 31.1 Å². The Labute approximate surface area is 111 Å². The van der Waals surface area contributed by atoms with Gasteiger partial charge >= 0.3 is 17.7 Å². The molecule has 1 rings (SSSR count). The lowest BCUT2D eigenvalue weighted by molar-refractivity contribution is -0.137. The number of alkyl halides is 6. The molecule has 0 aliphatic rings. The third kappa shape index (κ3) is 3.80. The molecule has 0 aliphatic carbocycles. The molecule has 0 saturated carbocycles. The highest BCUT2D eigenvalue weighted by molar-refractivity contribution is 8.00. The van der Waals surface area contributed by atoms with Gasteiger partial charge in [-0.25, -0.2) is 4.79 Å². The lowest BCUT2D eigenvalue weighted by Crippen LogP contribution is -2.12. The minimum Gasteiger partial charge on any atom is -0.478 e. The zero-order valence-corrected chi connectivity index (χ0v) is 9.95. The molecule has 0 aliphatic heterocycles. The van der Waals surface area contributed by atoms with Gasteiger partial charge in [0.15, 0.2) is 0 Å². The van der Waals surface area contributed by atoms with Crippen LogP contribution in [0.2, 0.25) is 0 Å². The summed E-state index contributed by atoms with van der Waals surface area (Å²) in [6.45, 7) is 0. The molecule has 0 bridgehead atoms. The number of thioether (sulfide) groups is 1. The zero-order valence-electron chi connectivity index (χ0n) is 9.13. The summed E-state index contributed by atoms with van der Waals surface area (Å²) in [5.41, 5.74) is -8.73. The molecule has 0 amide bonds. The summed E-state index contributed by atoms with van der Waals surface area (Å²) in [4.78, 5) is 9.78. The molecule has 0 saturated heterocycles. The van der Waals surface area contributed by atoms with E-state index in [2.05, 4.69) is 0 Å². The van der Waals surface area contributed by atoms with Crippen molar-refractivity contribution in [1.29, 1.82) is 5.26 Å². The number of carboxylic acids is 1. The smallest absolute Gasteiger partial charge is 0.446 e. The van der Waals surface area contributed by atoms with Gasteiger partial charge in [0.1, 0.15) is 0 Å². The lowest BCUT2D eigenvalue weighted by Gasteiger charge is -2.13. The fourth-order valence-electron chi connectivity index (χ4n) is 1.28. The van der Waals surface area contributed by atoms with Gasteiger partial charge in [0, 0.05) is 4.90 Å². The number of carboxylic acid groups (broad SMARTS) is 1. The fraction of sp³-hybridized carbons (Fsp3) is 0.200. The van der Waals surface area contributed by atoms with Gasteiger partial charge in [0.2, 0.25) is 0 Å². The number of aromatic carboxylic acids is 1. The van der Waals surface area contributed by atoms with Gasteiger partial charge in [-0.05, 0) is 23.9 Å². The van der Waals surface area contributed by atoms with Crippen molar-refractivity contribution in [1.82, 2.24) is 0 Å². The standard InChI is InChI=1S/C10H3F6NO2S/c11-9(12,13)6-2-5(8(18)19)7(1-4(6)3-17)20-10(14,15)16/h1-2H,(H,18,19). The molecular formula is C10H3F6NO2S. The monoisotopic (exact) mass is 315 g/mol. The first kappa shape index (κ1) is 16.2. The van der Waals surface area contributed by atoms with E-state index >= 15 is 0 Å². The first-order chi connectivity index (χ1) is 8.95. The zero-order chi connectivity index (χ0) is 15.7. The van der Waals surface area contributed by atoms with Crippen LogP contribution in [-0.2, 0) is 6.18 Å². The van der Waals surface area contributed by atoms with E-state index in [0.717, 1.165) is 6.07 Å². The van der Waals surface area contributed by atoms with Gasteiger partial charge in [-0.3, -0.25) is 0 Å². The maximum Gasteiger partial charge on any atom is 0.446 e. The first-order valence-corrected chi connectivity index (χ1v) is 5.41. The van der Waals surface area contributed by atoms with Crippen LogP contribution in [0.25, 0.3) is 0 Å². The molecule has 1 N–H and O–H groups in total. The number of rotatable bonds is 2. The second kappa shape index (κ2) is 5.24. The third-order valence-corrected chi connectivity index (χ3v) is 2.79. The van der Waals surface area contributed by atoms with Crippen LogP contribution in [0.3, 0.4) is 0 Å². The van der Waals surface area contributed by atoms with Crippen molar-refractivity contribution in [2.75, 3.05) is 0 Å². The Kier molecular flexibility index (Phi) is 4.24. The second-order valence-corrected chi connectivity index (χ2v) is 4.46. The Morgan fingerprint density at radius 3 is 2.10 bits per heavy atom. The van der Waals surface area contributed by atoms with Gasteiger partial charge in [-0.1, -0.05) is 0 Å². The van der Waals surface area contributed by atoms with Crippen LogP contribution < -0.4 is 0 Å². The van der Waals surface area contributed by atoms with Gasteiger partial charge in [0.05, 0.1) is 22.8 Å². The van der Waals surface area contributed by atoms with E-state index in [4.69, 9.17) is 10.4 Å². The topological polar surface area (TPSA) is 61.1 Å². The normalized spacial score (nSPS) is 12.1. The van der Waals surface area contributed by atoms with Crippen LogP contribution in [0.5, 0.6) is 0 Å². The van der Waals surface area contributed by atoms with Crippen molar-refractivity contribution >= 4 is 17.7 Å². The Balaban J connectivity index is 3.55. The van der Waals surface area contributed by atoms with E-state index in [-0.39, 0.29) is 12.1 Å². The maximum absolute atomic E-state index is 12.6. The molecule has 0 spiro atoms. The summed E-state index contributed by atoms with van der Waals surface area (Å²) >= 11 is -0.895. The summed E-state index contributed by atoms with van der Waals surface area (Å²) in [7, 11) is 0. The number of hydrogen-bond donors (Lipinski definition) is 1. The van der Waals surface area contributed by atoms with Crippen molar-refractivity contribution < 1.29 is 36.2 Å². The van der Waals surface area contributed by atoms with Gasteiger partial charge in [-0.2, -0.15) is 31.6 Å². The summed E-state index contributed by atoms with van der Waals surface area (Å²) in [5, 5.41) is 17.2. The largest absolute Gasteiger partial charge is 0.478 e. The fourth-order valence-corrected chi connectivity index (χ4v) is 1.97. The lowest BCUT2D eigenvalue weighted by atomic mass is 10.0. The van der Waals surface area contributed by atoms with Gasteiger partial charge < -0.3 is 5.11 Å². The second-order valence-electron chi connectivity index (χ2n) is 3.36. The van der Waals surface area contributed by atoms with E-state index in [0.29, 0.717) is 0 Å². The molecule has 0 fully saturated rings. The molecule has 0 radical (unpaired) electrons. The van der Waals surface area contributed by atoms with Crippen molar-refractivity contribution in [3.63, 3.8) is 0 Å². The average molecular weight is 315 g/mol. The van der Waals surface area contributed by atoms with E-state index in [1.807, 2.05) is 0 Å². The molecule has 0 atom stereocenters. The van der Waals surface area contributed by atoms with Crippen molar-refractivity contribution in [3.8, 4) is 6.07 Å². The maximum atomic E-state index is 12.6. The van der Waals surface area contributed by atoms with Crippen molar-refractivity contribution in [2.45, 2.75) is 16.6 Å². The van der Waals surface area contributed by atoms with Crippen molar-refractivity contribution in [3.05, 3.63) is 28.8 Å². The minimum atomic E-state index is -5.04. The van der Waals surface area contributed by atoms with Crippen LogP contribution in [-0.4, -0.2) is 16.6 Å². The summed E-state index contributed by atoms with van der Waals surface area (Å²) < 4.78 is 74.4. The highest BCUT2D eigenvalue weighted by Crippen LogP contribution is 2.41. The molecule has 108 valence electrons. The molecule has 0 aromatic heterocycles. The molecule has 0 heterocycles. The van der Waals surface area contributed by atoms with E-state index in [1.54, 1.807) is 0 Å². The van der Waals surface area contributed by atoms with Crippen LogP contribution in [0.15, 0.2) is 17.0 Å². The highest BCUT2D eigenvalue weighted by Gasteiger charge is 2.37. The van der Waals surface area contributed by atoms with E-state index in [1.165, 1.54) is 0 Å². The average Bonchev–Trinajstić information content (AvgIpc) is 2.24. The molecular weight excluding hydrogens is 312 g/mol. The Bertz CT molecular complexity index is 587. The number of nitrogens with zero attached hydrogens (tertiary/aromatic N) is 1. The predicted molar refractivity (Wildman–Crippen MR) is 55.0 cm³/mol. The van der Waals surface area contributed by atoms with Crippen molar-refractivity contribution in [2.24, 2.45) is 0 Å². The van der Waals surface area contributed by atoms with E-state index < -0.39 is 51.0 Å². The third-order valence-electron chi connectivity index (χ3n) is 2.00. The first-order valence-electron chi connectivity index (χ1n) is 4.60. The Morgan fingerprint density at radius 2 is 1.75 bits per heavy atom. The summed E-state index contributed by atoms with van der Waals surface area (Å²) in [6, 6.07) is 1.39. The van der Waals surface area contributed by atoms with Gasteiger partial charge in [0.25, 0.3) is 0 Å². The molecule has 3 nitrogen and oxygen atoms in total. The molecule has 10 heteroatoms. The predicted octanol–water partition coefficient (Wildman–Crippen LogP) is 3.89. The molecule has 1 aromatic rings. The number of nitriles is 1. The van der Waals surface area contributed by atoms with Crippen LogP contribution >= 0.6 is 11.8 Å². The number of halogens is 6. The molecule has 20 heavy (non-hydrogen) atoms. The number of benzene rings is 1.